The fourth-order valence-corrected chi connectivity index (χ4v) is 5.58. The van der Waals surface area contributed by atoms with Crippen LogP contribution < -0.4 is 10.6 Å². The highest BCUT2D eigenvalue weighted by molar-refractivity contribution is 7.99. The molecule has 36 heavy (non-hydrogen) atoms. The summed E-state index contributed by atoms with van der Waals surface area (Å²) in [5, 5.41) is 6.66. The van der Waals surface area contributed by atoms with Crippen LogP contribution in [0.15, 0.2) is 82.7 Å². The van der Waals surface area contributed by atoms with E-state index in [1.54, 1.807) is 50.6 Å². The number of fused-ring (bicyclic) bond motifs is 2. The minimum absolute atomic E-state index is 0.0513. The van der Waals surface area contributed by atoms with E-state index >= 15 is 0 Å². The molecule has 0 bridgehead atoms. The Morgan fingerprint density at radius 1 is 0.972 bits per heavy atom. The van der Waals surface area contributed by atoms with Gasteiger partial charge in [-0.15, -0.1) is 11.3 Å². The number of nitrogens with zero attached hydrogens (tertiary/aromatic N) is 2. The largest absolute Gasteiger partial charge is 0.347 e. The van der Waals surface area contributed by atoms with E-state index in [-0.39, 0.29) is 17.7 Å². The Bertz CT molecular complexity index is 1480. The molecular weight excluding hydrogens is 492 g/mol. The molecule has 0 aliphatic carbocycles. The zero-order chi connectivity index (χ0) is 25.2. The minimum Gasteiger partial charge on any atom is -0.347 e. The number of anilines is 1. The van der Waals surface area contributed by atoms with Crippen molar-refractivity contribution < 1.29 is 14.4 Å². The molecule has 0 saturated carbocycles. The van der Waals surface area contributed by atoms with Crippen molar-refractivity contribution in [1.82, 2.24) is 15.2 Å². The maximum Gasteiger partial charge on any atom is 0.256 e. The van der Waals surface area contributed by atoms with Crippen molar-refractivity contribution in [3.63, 3.8) is 0 Å². The highest BCUT2D eigenvalue weighted by Crippen LogP contribution is 2.39. The summed E-state index contributed by atoms with van der Waals surface area (Å²) in [6, 6.07) is 20.1. The Morgan fingerprint density at radius 2 is 1.72 bits per heavy atom. The molecule has 2 N–H and O–H groups in total. The molecule has 1 aliphatic heterocycles. The first kappa shape index (κ1) is 23.8. The van der Waals surface area contributed by atoms with Crippen molar-refractivity contribution in [2.45, 2.75) is 16.3 Å². The summed E-state index contributed by atoms with van der Waals surface area (Å²) in [7, 11) is 3.44. The quantitative estimate of drug-likeness (QED) is 0.384. The van der Waals surface area contributed by atoms with Crippen LogP contribution in [-0.4, -0.2) is 41.7 Å². The lowest BCUT2D eigenvalue weighted by atomic mass is 10.1. The van der Waals surface area contributed by atoms with Crippen LogP contribution in [0.5, 0.6) is 0 Å². The average molecular weight is 515 g/mol. The molecule has 0 atom stereocenters. The zero-order valence-electron chi connectivity index (χ0n) is 19.6. The van der Waals surface area contributed by atoms with E-state index in [0.717, 1.165) is 25.2 Å². The molecule has 2 heterocycles. The number of carbonyl (C=O) groups is 3. The number of carbonyl (C=O) groups excluding carboxylic acids is 3. The van der Waals surface area contributed by atoms with Gasteiger partial charge in [0.05, 0.1) is 17.8 Å². The summed E-state index contributed by atoms with van der Waals surface area (Å²) >= 11 is 2.98. The number of benzene rings is 3. The van der Waals surface area contributed by atoms with Crippen LogP contribution >= 0.6 is 23.1 Å². The smallest absolute Gasteiger partial charge is 0.256 e. The Labute approximate surface area is 216 Å². The maximum absolute atomic E-state index is 12.8. The second-order valence-electron chi connectivity index (χ2n) is 8.35. The predicted octanol–water partition coefficient (Wildman–Crippen LogP) is 5.16. The van der Waals surface area contributed by atoms with E-state index in [4.69, 9.17) is 0 Å². The second kappa shape index (κ2) is 9.96. The molecule has 9 heteroatoms. The van der Waals surface area contributed by atoms with Gasteiger partial charge in [0.25, 0.3) is 17.7 Å². The van der Waals surface area contributed by atoms with Gasteiger partial charge < -0.3 is 15.5 Å². The van der Waals surface area contributed by atoms with E-state index in [0.29, 0.717) is 28.9 Å². The van der Waals surface area contributed by atoms with Crippen LogP contribution in [0.4, 0.5) is 5.69 Å². The van der Waals surface area contributed by atoms with Crippen molar-refractivity contribution >= 4 is 46.5 Å². The van der Waals surface area contributed by atoms with Gasteiger partial charge >= 0.3 is 0 Å². The lowest BCUT2D eigenvalue weighted by molar-refractivity contribution is 0.0827. The molecule has 7 nitrogen and oxygen atoms in total. The van der Waals surface area contributed by atoms with Crippen LogP contribution in [0.2, 0.25) is 0 Å². The normalized spacial score (nSPS) is 12.1. The number of hydrogen-bond acceptors (Lipinski definition) is 6. The SMILES string of the molecule is CN(C)C(=O)c1ccc(-c2ncc(CNC(=O)c3ccc4c(c3)NC(=O)c3ccccc3S4)s2)cc1. The number of thiazole rings is 1. The molecule has 3 amide bonds. The van der Waals surface area contributed by atoms with Crippen LogP contribution in [0.3, 0.4) is 0 Å². The number of aromatic nitrogens is 1. The second-order valence-corrected chi connectivity index (χ2v) is 10.6. The molecule has 1 aliphatic rings. The fourth-order valence-electron chi connectivity index (χ4n) is 3.71. The average Bonchev–Trinajstić information content (AvgIpc) is 3.31. The van der Waals surface area contributed by atoms with E-state index in [9.17, 15) is 14.4 Å². The summed E-state index contributed by atoms with van der Waals surface area (Å²) in [5.41, 5.74) is 3.22. The van der Waals surface area contributed by atoms with Crippen molar-refractivity contribution in [3.05, 3.63) is 94.5 Å². The predicted molar refractivity (Wildman–Crippen MR) is 142 cm³/mol. The first-order valence-corrected chi connectivity index (χ1v) is 12.8. The molecule has 1 aromatic heterocycles. The first-order valence-electron chi connectivity index (χ1n) is 11.2. The van der Waals surface area contributed by atoms with Gasteiger partial charge in [-0.05, 0) is 42.5 Å². The lowest BCUT2D eigenvalue weighted by Crippen LogP contribution is -2.22. The van der Waals surface area contributed by atoms with E-state index in [1.165, 1.54) is 28.0 Å². The van der Waals surface area contributed by atoms with Gasteiger partial charge in [0.1, 0.15) is 5.01 Å². The third-order valence-corrected chi connectivity index (χ3v) is 7.80. The first-order chi connectivity index (χ1) is 17.4. The molecule has 180 valence electrons. The summed E-state index contributed by atoms with van der Waals surface area (Å²) in [5.74, 6) is -0.476. The lowest BCUT2D eigenvalue weighted by Gasteiger charge is -2.10. The van der Waals surface area contributed by atoms with Crippen molar-refractivity contribution in [1.29, 1.82) is 0 Å². The standard InChI is InChI=1S/C27H22N4O3S2/c1-31(2)27(34)17-9-7-16(8-10-17)26-29-15-19(35-26)14-28-24(32)18-11-12-23-21(13-18)30-25(33)20-5-3-4-6-22(20)36-23/h3-13,15H,14H2,1-2H3,(H,28,32)(H,30,33). The van der Waals surface area contributed by atoms with Crippen LogP contribution in [0.25, 0.3) is 10.6 Å². The molecule has 0 fully saturated rings. The summed E-state index contributed by atoms with van der Waals surface area (Å²) in [6.07, 6.45) is 1.74. The van der Waals surface area contributed by atoms with E-state index in [1.807, 2.05) is 36.4 Å². The minimum atomic E-state index is -0.236. The Balaban J connectivity index is 1.25. The van der Waals surface area contributed by atoms with Gasteiger partial charge in [-0.2, -0.15) is 0 Å². The van der Waals surface area contributed by atoms with Gasteiger partial charge in [0.15, 0.2) is 0 Å². The zero-order valence-corrected chi connectivity index (χ0v) is 21.2. The van der Waals surface area contributed by atoms with E-state index < -0.39 is 0 Å². The maximum atomic E-state index is 12.8. The molecule has 4 aromatic rings. The van der Waals surface area contributed by atoms with Gasteiger partial charge in [-0.3, -0.25) is 14.4 Å². The third kappa shape index (κ3) is 4.89. The highest BCUT2D eigenvalue weighted by Gasteiger charge is 2.21. The third-order valence-electron chi connectivity index (χ3n) is 5.60. The number of rotatable bonds is 5. The highest BCUT2D eigenvalue weighted by atomic mass is 32.2. The summed E-state index contributed by atoms with van der Waals surface area (Å²) in [6.45, 7) is 0.331. The molecule has 3 aromatic carbocycles. The van der Waals surface area contributed by atoms with Crippen molar-refractivity contribution in [3.8, 4) is 10.6 Å². The molecular formula is C27H22N4O3S2. The van der Waals surface area contributed by atoms with Crippen LogP contribution in [0.1, 0.15) is 36.0 Å². The van der Waals surface area contributed by atoms with Gasteiger partial charge in [-0.25, -0.2) is 4.98 Å². The molecule has 0 unspecified atom stereocenters. The Hall–Kier alpha value is -3.95. The summed E-state index contributed by atoms with van der Waals surface area (Å²) < 4.78 is 0. The monoisotopic (exact) mass is 514 g/mol. The van der Waals surface area contributed by atoms with Crippen LogP contribution in [0, 0.1) is 0 Å². The number of amides is 3. The number of nitrogens with one attached hydrogen (secondary N) is 2. The van der Waals surface area contributed by atoms with Gasteiger partial charge in [0, 0.05) is 51.7 Å². The molecule has 0 saturated heterocycles. The Morgan fingerprint density at radius 3 is 2.50 bits per heavy atom. The molecule has 0 spiro atoms. The topological polar surface area (TPSA) is 91.4 Å². The number of hydrogen-bond donors (Lipinski definition) is 2. The Kier molecular flexibility index (Phi) is 6.58. The van der Waals surface area contributed by atoms with Crippen LogP contribution in [-0.2, 0) is 6.54 Å². The molecule has 5 rings (SSSR count). The summed E-state index contributed by atoms with van der Waals surface area (Å²) in [4.78, 5) is 46.2. The van der Waals surface area contributed by atoms with E-state index in [2.05, 4.69) is 15.6 Å². The van der Waals surface area contributed by atoms with Crippen molar-refractivity contribution in [2.75, 3.05) is 19.4 Å². The van der Waals surface area contributed by atoms with Gasteiger partial charge in [-0.1, -0.05) is 36.0 Å². The van der Waals surface area contributed by atoms with Crippen molar-refractivity contribution in [2.24, 2.45) is 0 Å². The van der Waals surface area contributed by atoms with Gasteiger partial charge in [0.2, 0.25) is 0 Å². The molecule has 0 radical (unpaired) electrons. The fraction of sp³-hybridized carbons (Fsp3) is 0.111.